The van der Waals surface area contributed by atoms with Crippen LogP contribution >= 0.6 is 0 Å². The number of para-hydroxylation sites is 1. The van der Waals surface area contributed by atoms with Crippen molar-refractivity contribution in [2.75, 3.05) is 24.5 Å². The predicted molar refractivity (Wildman–Crippen MR) is 81.8 cm³/mol. The highest BCUT2D eigenvalue weighted by molar-refractivity contribution is 5.57. The lowest BCUT2D eigenvalue weighted by Gasteiger charge is -2.30. The molecule has 0 saturated heterocycles. The summed E-state index contributed by atoms with van der Waals surface area (Å²) in [5.74, 6) is 0.896. The second kappa shape index (κ2) is 5.96. The van der Waals surface area contributed by atoms with Crippen LogP contribution in [0.1, 0.15) is 38.2 Å². The summed E-state index contributed by atoms with van der Waals surface area (Å²) >= 11 is 0. The predicted octanol–water partition coefficient (Wildman–Crippen LogP) is 3.22. The van der Waals surface area contributed by atoms with Crippen molar-refractivity contribution in [3.05, 3.63) is 29.8 Å². The topological polar surface area (TPSA) is 15.3 Å². The van der Waals surface area contributed by atoms with E-state index in [1.54, 1.807) is 0 Å². The maximum atomic E-state index is 3.74. The molecule has 1 aliphatic carbocycles. The number of rotatable bonds is 5. The summed E-state index contributed by atoms with van der Waals surface area (Å²) in [7, 11) is 0. The Bertz CT molecular complexity index is 409. The van der Waals surface area contributed by atoms with Crippen LogP contribution in [0.5, 0.6) is 0 Å². The molecule has 1 aromatic carbocycles. The normalized spacial score (nSPS) is 20.8. The Morgan fingerprint density at radius 3 is 2.84 bits per heavy atom. The monoisotopic (exact) mass is 258 g/mol. The summed E-state index contributed by atoms with van der Waals surface area (Å²) in [5, 5.41) is 3.74. The molecule has 1 heterocycles. The van der Waals surface area contributed by atoms with Gasteiger partial charge >= 0.3 is 0 Å². The SMILES string of the molecule is CCNC(CN1CCc2ccccc21)C1CCCC1. The van der Waals surface area contributed by atoms with Gasteiger partial charge in [0.25, 0.3) is 0 Å². The average Bonchev–Trinajstić information content (AvgIpc) is 3.08. The molecule has 1 N–H and O–H groups in total. The fourth-order valence-electron chi connectivity index (χ4n) is 3.84. The number of likely N-dealkylation sites (N-methyl/N-ethyl adjacent to an activating group) is 1. The van der Waals surface area contributed by atoms with Gasteiger partial charge in [-0.15, -0.1) is 0 Å². The van der Waals surface area contributed by atoms with Crippen molar-refractivity contribution >= 4 is 5.69 Å². The lowest BCUT2D eigenvalue weighted by atomic mass is 9.97. The second-order valence-corrected chi connectivity index (χ2v) is 6.03. The molecule has 3 rings (SSSR count). The molecule has 1 aromatic rings. The Kier molecular flexibility index (Phi) is 4.07. The molecule has 0 spiro atoms. The summed E-state index contributed by atoms with van der Waals surface area (Å²) in [6, 6.07) is 9.60. The number of fused-ring (bicyclic) bond motifs is 1. The summed E-state index contributed by atoms with van der Waals surface area (Å²) in [4.78, 5) is 2.60. The van der Waals surface area contributed by atoms with Crippen LogP contribution in [0.15, 0.2) is 24.3 Å². The molecule has 0 aromatic heterocycles. The molecule has 1 aliphatic heterocycles. The Morgan fingerprint density at radius 2 is 2.05 bits per heavy atom. The highest BCUT2D eigenvalue weighted by Crippen LogP contribution is 2.31. The number of hydrogen-bond acceptors (Lipinski definition) is 2. The first-order chi connectivity index (χ1) is 9.38. The molecule has 1 saturated carbocycles. The molecule has 1 fully saturated rings. The summed E-state index contributed by atoms with van der Waals surface area (Å²) < 4.78 is 0. The maximum absolute atomic E-state index is 3.74. The van der Waals surface area contributed by atoms with Crippen LogP contribution in [0, 0.1) is 5.92 Å². The van der Waals surface area contributed by atoms with Crippen molar-refractivity contribution in [2.45, 2.75) is 45.1 Å². The van der Waals surface area contributed by atoms with E-state index in [4.69, 9.17) is 0 Å². The van der Waals surface area contributed by atoms with Crippen LogP contribution in [0.2, 0.25) is 0 Å². The molecule has 2 heteroatoms. The summed E-state index contributed by atoms with van der Waals surface area (Å²) in [6.45, 7) is 5.72. The fraction of sp³-hybridized carbons (Fsp3) is 0.647. The lowest BCUT2D eigenvalue weighted by molar-refractivity contribution is 0.365. The van der Waals surface area contributed by atoms with E-state index in [2.05, 4.69) is 41.4 Å². The van der Waals surface area contributed by atoms with Gasteiger partial charge in [0.2, 0.25) is 0 Å². The first-order valence-corrected chi connectivity index (χ1v) is 7.94. The molecule has 2 nitrogen and oxygen atoms in total. The Balaban J connectivity index is 1.69. The zero-order valence-electron chi connectivity index (χ0n) is 12.1. The van der Waals surface area contributed by atoms with E-state index in [1.807, 2.05) is 0 Å². The molecule has 0 radical (unpaired) electrons. The molecule has 104 valence electrons. The molecule has 0 bridgehead atoms. The summed E-state index contributed by atoms with van der Waals surface area (Å²) in [6.07, 6.45) is 6.94. The van der Waals surface area contributed by atoms with Crippen LogP contribution in [0.25, 0.3) is 0 Å². The van der Waals surface area contributed by atoms with Gasteiger partial charge in [-0.3, -0.25) is 0 Å². The van der Waals surface area contributed by atoms with Gasteiger partial charge in [0, 0.05) is 24.8 Å². The van der Waals surface area contributed by atoms with Crippen molar-refractivity contribution < 1.29 is 0 Å². The third kappa shape index (κ3) is 2.79. The third-order valence-corrected chi connectivity index (χ3v) is 4.84. The molecule has 1 unspecified atom stereocenters. The van der Waals surface area contributed by atoms with E-state index in [0.29, 0.717) is 6.04 Å². The van der Waals surface area contributed by atoms with Gasteiger partial charge in [0.1, 0.15) is 0 Å². The quantitative estimate of drug-likeness (QED) is 0.872. The minimum atomic E-state index is 0.679. The van der Waals surface area contributed by atoms with Crippen LogP contribution < -0.4 is 10.2 Å². The number of anilines is 1. The van der Waals surface area contributed by atoms with Crippen molar-refractivity contribution in [2.24, 2.45) is 5.92 Å². The molecule has 1 atom stereocenters. The molecule has 19 heavy (non-hydrogen) atoms. The first-order valence-electron chi connectivity index (χ1n) is 7.94. The molecule has 0 amide bonds. The Labute approximate surface area is 117 Å². The smallest absolute Gasteiger partial charge is 0.0400 e. The van der Waals surface area contributed by atoms with Crippen LogP contribution in [-0.2, 0) is 6.42 Å². The van der Waals surface area contributed by atoms with Crippen molar-refractivity contribution in [1.82, 2.24) is 5.32 Å². The van der Waals surface area contributed by atoms with Gasteiger partial charge in [-0.25, -0.2) is 0 Å². The lowest BCUT2D eigenvalue weighted by Crippen LogP contribution is -2.44. The van der Waals surface area contributed by atoms with Crippen molar-refractivity contribution in [1.29, 1.82) is 0 Å². The van der Waals surface area contributed by atoms with Gasteiger partial charge in [-0.05, 0) is 43.4 Å². The Morgan fingerprint density at radius 1 is 1.26 bits per heavy atom. The summed E-state index contributed by atoms with van der Waals surface area (Å²) in [5.41, 5.74) is 3.01. The molecular formula is C17H26N2. The van der Waals surface area contributed by atoms with E-state index in [1.165, 1.54) is 56.4 Å². The second-order valence-electron chi connectivity index (χ2n) is 6.03. The van der Waals surface area contributed by atoms with Gasteiger partial charge < -0.3 is 10.2 Å². The van der Waals surface area contributed by atoms with Crippen molar-refractivity contribution in [3.8, 4) is 0 Å². The highest BCUT2D eigenvalue weighted by atomic mass is 15.2. The zero-order chi connectivity index (χ0) is 13.1. The van der Waals surface area contributed by atoms with Gasteiger partial charge in [0.15, 0.2) is 0 Å². The highest BCUT2D eigenvalue weighted by Gasteiger charge is 2.28. The molecule has 2 aliphatic rings. The van der Waals surface area contributed by atoms with Crippen LogP contribution in [0.4, 0.5) is 5.69 Å². The van der Waals surface area contributed by atoms with E-state index in [0.717, 1.165) is 12.5 Å². The average molecular weight is 258 g/mol. The van der Waals surface area contributed by atoms with E-state index in [9.17, 15) is 0 Å². The number of benzene rings is 1. The third-order valence-electron chi connectivity index (χ3n) is 4.84. The van der Waals surface area contributed by atoms with Crippen molar-refractivity contribution in [3.63, 3.8) is 0 Å². The first kappa shape index (κ1) is 13.0. The van der Waals surface area contributed by atoms with E-state index >= 15 is 0 Å². The van der Waals surface area contributed by atoms with Gasteiger partial charge in [-0.1, -0.05) is 38.0 Å². The molecular weight excluding hydrogens is 232 g/mol. The maximum Gasteiger partial charge on any atom is 0.0400 e. The van der Waals surface area contributed by atoms with Gasteiger partial charge in [-0.2, -0.15) is 0 Å². The van der Waals surface area contributed by atoms with Crippen LogP contribution in [0.3, 0.4) is 0 Å². The van der Waals surface area contributed by atoms with E-state index in [-0.39, 0.29) is 0 Å². The largest absolute Gasteiger partial charge is 0.369 e. The van der Waals surface area contributed by atoms with E-state index < -0.39 is 0 Å². The number of nitrogens with zero attached hydrogens (tertiary/aromatic N) is 1. The van der Waals surface area contributed by atoms with Crippen LogP contribution in [-0.4, -0.2) is 25.7 Å². The number of hydrogen-bond donors (Lipinski definition) is 1. The zero-order valence-corrected chi connectivity index (χ0v) is 12.1. The Hall–Kier alpha value is -1.02. The minimum Gasteiger partial charge on any atom is -0.369 e. The standard InChI is InChI=1S/C17H26N2/c1-2-18-16(14-7-3-4-8-14)13-19-12-11-15-9-5-6-10-17(15)19/h5-6,9-10,14,16,18H,2-4,7-8,11-13H2,1H3. The fourth-order valence-corrected chi connectivity index (χ4v) is 3.84. The number of nitrogens with one attached hydrogen (secondary N) is 1. The van der Waals surface area contributed by atoms with Gasteiger partial charge in [0.05, 0.1) is 0 Å². The minimum absolute atomic E-state index is 0.679.